The van der Waals surface area contributed by atoms with E-state index in [1.54, 1.807) is 6.07 Å². The molecule has 0 spiro atoms. The minimum Gasteiger partial charge on any atom is -0.356 e. The molecule has 0 fully saturated rings. The van der Waals surface area contributed by atoms with E-state index in [1.165, 1.54) is 13.3 Å². The van der Waals surface area contributed by atoms with Crippen LogP contribution in [0.25, 0.3) is 17.0 Å². The number of carbonyl (C=O) groups is 1. The Morgan fingerprint density at radius 1 is 1.47 bits per heavy atom. The smallest absolute Gasteiger partial charge is 0.258 e. The van der Waals surface area contributed by atoms with E-state index >= 15 is 0 Å². The van der Waals surface area contributed by atoms with Gasteiger partial charge in [-0.2, -0.15) is 0 Å². The van der Waals surface area contributed by atoms with Crippen molar-refractivity contribution in [2.24, 2.45) is 0 Å². The molecule has 0 saturated heterocycles. The van der Waals surface area contributed by atoms with Gasteiger partial charge in [-0.05, 0) is 24.1 Å². The van der Waals surface area contributed by atoms with Crippen molar-refractivity contribution >= 4 is 22.9 Å². The number of aromatic amines is 1. The number of H-pyrrole nitrogens is 1. The molecule has 2 rings (SSSR count). The number of rotatable bonds is 4. The summed E-state index contributed by atoms with van der Waals surface area (Å²) in [5, 5.41) is 3.29. The Hall–Kier alpha value is -2.43. The first kappa shape index (κ1) is 13.0. The molecule has 5 heteroatoms. The predicted molar refractivity (Wildman–Crippen MR) is 74.7 cm³/mol. The Kier molecular flexibility index (Phi) is 4.07. The zero-order valence-corrected chi connectivity index (χ0v) is 10.6. The van der Waals surface area contributed by atoms with Gasteiger partial charge in [0.25, 0.3) is 5.56 Å². The van der Waals surface area contributed by atoms with Crippen LogP contribution in [0.15, 0.2) is 35.4 Å². The van der Waals surface area contributed by atoms with Crippen LogP contribution in [0.4, 0.5) is 0 Å². The summed E-state index contributed by atoms with van der Waals surface area (Å²) < 4.78 is 0. The Bertz CT molecular complexity index is 674. The van der Waals surface area contributed by atoms with Gasteiger partial charge in [0, 0.05) is 13.5 Å². The van der Waals surface area contributed by atoms with Crippen LogP contribution in [0, 0.1) is 0 Å². The van der Waals surface area contributed by atoms with E-state index in [-0.39, 0.29) is 11.5 Å². The van der Waals surface area contributed by atoms with Crippen molar-refractivity contribution in [2.45, 2.75) is 13.3 Å². The summed E-state index contributed by atoms with van der Waals surface area (Å²) in [5.74, 6) is -0.0308. The number of hydrogen-bond donors (Lipinski definition) is 2. The summed E-state index contributed by atoms with van der Waals surface area (Å²) in [6.07, 6.45) is 6.03. The first-order chi connectivity index (χ1) is 9.16. The van der Waals surface area contributed by atoms with Gasteiger partial charge < -0.3 is 10.3 Å². The molecule has 5 nitrogen and oxygen atoms in total. The molecule has 0 aliphatic rings. The average molecular weight is 257 g/mol. The molecule has 0 bridgehead atoms. The van der Waals surface area contributed by atoms with Crippen molar-refractivity contribution < 1.29 is 4.79 Å². The van der Waals surface area contributed by atoms with E-state index < -0.39 is 0 Å². The molecule has 98 valence electrons. The van der Waals surface area contributed by atoms with Gasteiger partial charge in [-0.1, -0.05) is 18.2 Å². The second-order valence-electron chi connectivity index (χ2n) is 4.18. The number of nitrogens with zero attached hydrogens (tertiary/aromatic N) is 1. The molecule has 1 aromatic heterocycles. The van der Waals surface area contributed by atoms with Gasteiger partial charge in [-0.15, -0.1) is 0 Å². The topological polar surface area (TPSA) is 74.8 Å². The van der Waals surface area contributed by atoms with E-state index in [1.807, 2.05) is 24.3 Å². The van der Waals surface area contributed by atoms with Crippen molar-refractivity contribution in [3.63, 3.8) is 0 Å². The van der Waals surface area contributed by atoms with E-state index in [0.717, 1.165) is 12.0 Å². The fourth-order valence-corrected chi connectivity index (χ4v) is 1.74. The standard InChI is InChI=1S/C14H15N3O2/c1-10(18)15-7-3-2-4-11-5-6-13-12(8-11)14(19)17-9-16-13/h2,4-6,8-9H,3,7H2,1H3,(H,15,18)(H,16,17,19). The number of benzene rings is 1. The van der Waals surface area contributed by atoms with E-state index in [2.05, 4.69) is 15.3 Å². The molecular weight excluding hydrogens is 242 g/mol. The molecule has 0 aliphatic carbocycles. The molecule has 2 N–H and O–H groups in total. The minimum absolute atomic E-state index is 0.0308. The number of nitrogens with one attached hydrogen (secondary N) is 2. The summed E-state index contributed by atoms with van der Waals surface area (Å²) in [6, 6.07) is 5.53. The highest BCUT2D eigenvalue weighted by atomic mass is 16.1. The number of aromatic nitrogens is 2. The van der Waals surface area contributed by atoms with E-state index in [4.69, 9.17) is 0 Å². The average Bonchev–Trinajstić information content (AvgIpc) is 2.39. The van der Waals surface area contributed by atoms with Gasteiger partial charge in [-0.3, -0.25) is 9.59 Å². The van der Waals surface area contributed by atoms with Gasteiger partial charge in [0.15, 0.2) is 0 Å². The van der Waals surface area contributed by atoms with Crippen LogP contribution in [0.3, 0.4) is 0 Å². The maximum absolute atomic E-state index is 11.6. The maximum atomic E-state index is 11.6. The molecule has 2 aromatic rings. The van der Waals surface area contributed by atoms with Gasteiger partial charge in [0.2, 0.25) is 5.91 Å². The van der Waals surface area contributed by atoms with Crippen LogP contribution in [0.1, 0.15) is 18.9 Å². The highest BCUT2D eigenvalue weighted by Gasteiger charge is 1.98. The zero-order chi connectivity index (χ0) is 13.7. The lowest BCUT2D eigenvalue weighted by molar-refractivity contribution is -0.118. The van der Waals surface area contributed by atoms with Crippen LogP contribution in [-0.2, 0) is 4.79 Å². The lowest BCUT2D eigenvalue weighted by atomic mass is 10.1. The molecule has 0 saturated carbocycles. The number of fused-ring (bicyclic) bond motifs is 1. The molecule has 1 amide bonds. The zero-order valence-electron chi connectivity index (χ0n) is 10.6. The Morgan fingerprint density at radius 3 is 3.11 bits per heavy atom. The lowest BCUT2D eigenvalue weighted by Gasteiger charge is -1.99. The van der Waals surface area contributed by atoms with E-state index in [9.17, 15) is 9.59 Å². The summed E-state index contributed by atoms with van der Waals surface area (Å²) in [5.41, 5.74) is 1.48. The van der Waals surface area contributed by atoms with Crippen molar-refractivity contribution in [1.82, 2.24) is 15.3 Å². The van der Waals surface area contributed by atoms with Crippen LogP contribution < -0.4 is 10.9 Å². The van der Waals surface area contributed by atoms with Gasteiger partial charge in [0.05, 0.1) is 17.2 Å². The third-order valence-corrected chi connectivity index (χ3v) is 2.66. The Morgan fingerprint density at radius 2 is 2.32 bits per heavy atom. The third-order valence-electron chi connectivity index (χ3n) is 2.66. The lowest BCUT2D eigenvalue weighted by Crippen LogP contribution is -2.20. The SMILES string of the molecule is CC(=O)NCCC=Cc1ccc2nc[nH]c(=O)c2c1. The molecule has 0 atom stereocenters. The summed E-state index contributed by atoms with van der Waals surface area (Å²) >= 11 is 0. The fraction of sp³-hybridized carbons (Fsp3) is 0.214. The fourth-order valence-electron chi connectivity index (χ4n) is 1.74. The van der Waals surface area contributed by atoms with Crippen LogP contribution in [0.2, 0.25) is 0 Å². The van der Waals surface area contributed by atoms with Crippen LogP contribution in [0.5, 0.6) is 0 Å². The highest BCUT2D eigenvalue weighted by molar-refractivity contribution is 5.80. The monoisotopic (exact) mass is 257 g/mol. The number of hydrogen-bond acceptors (Lipinski definition) is 3. The normalized spacial score (nSPS) is 11.0. The second kappa shape index (κ2) is 5.95. The number of carbonyl (C=O) groups excluding carboxylic acids is 1. The van der Waals surface area contributed by atoms with Crippen molar-refractivity contribution in [2.75, 3.05) is 6.54 Å². The van der Waals surface area contributed by atoms with Gasteiger partial charge in [0.1, 0.15) is 0 Å². The maximum Gasteiger partial charge on any atom is 0.258 e. The molecular formula is C14H15N3O2. The van der Waals surface area contributed by atoms with Crippen LogP contribution >= 0.6 is 0 Å². The van der Waals surface area contributed by atoms with Gasteiger partial charge in [-0.25, -0.2) is 4.98 Å². The quantitative estimate of drug-likeness (QED) is 0.814. The summed E-state index contributed by atoms with van der Waals surface area (Å²) in [7, 11) is 0. The van der Waals surface area contributed by atoms with Crippen LogP contribution in [-0.4, -0.2) is 22.4 Å². The molecule has 0 aliphatic heterocycles. The Labute approximate surface area is 110 Å². The molecule has 0 radical (unpaired) electrons. The summed E-state index contributed by atoms with van der Waals surface area (Å²) in [4.78, 5) is 28.9. The van der Waals surface area contributed by atoms with Gasteiger partial charge >= 0.3 is 0 Å². The molecule has 0 unspecified atom stereocenters. The first-order valence-electron chi connectivity index (χ1n) is 6.05. The van der Waals surface area contributed by atoms with Crippen molar-refractivity contribution in [1.29, 1.82) is 0 Å². The summed E-state index contributed by atoms with van der Waals surface area (Å²) in [6.45, 7) is 2.11. The van der Waals surface area contributed by atoms with Crippen molar-refractivity contribution in [3.05, 3.63) is 46.5 Å². The predicted octanol–water partition coefficient (Wildman–Crippen LogP) is 1.46. The molecule has 19 heavy (non-hydrogen) atoms. The second-order valence-corrected chi connectivity index (χ2v) is 4.18. The number of amides is 1. The molecule has 1 heterocycles. The minimum atomic E-state index is -0.140. The molecule has 1 aromatic carbocycles. The van der Waals surface area contributed by atoms with E-state index in [0.29, 0.717) is 17.4 Å². The highest BCUT2D eigenvalue weighted by Crippen LogP contribution is 2.10. The Balaban J connectivity index is 2.09. The largest absolute Gasteiger partial charge is 0.356 e. The third kappa shape index (κ3) is 3.51. The first-order valence-corrected chi connectivity index (χ1v) is 6.05. The van der Waals surface area contributed by atoms with Crippen molar-refractivity contribution in [3.8, 4) is 0 Å².